The first-order valence-corrected chi connectivity index (χ1v) is 8.24. The van der Waals surface area contributed by atoms with Gasteiger partial charge in [0, 0.05) is 0 Å². The number of ether oxygens (including phenoxy) is 2. The van der Waals surface area contributed by atoms with Crippen molar-refractivity contribution in [3.63, 3.8) is 0 Å². The van der Waals surface area contributed by atoms with Gasteiger partial charge in [-0.1, -0.05) is 18.2 Å². The van der Waals surface area contributed by atoms with Crippen molar-refractivity contribution in [3.8, 4) is 11.5 Å². The molecule has 0 heterocycles. The summed E-state index contributed by atoms with van der Waals surface area (Å²) in [5, 5.41) is 0. The molecule has 0 amide bonds. The molecule has 2 nitrogen and oxygen atoms in total. The predicted octanol–water partition coefficient (Wildman–Crippen LogP) is 5.14. The van der Waals surface area contributed by atoms with E-state index in [1.807, 2.05) is 12.1 Å². The highest BCUT2D eigenvalue weighted by Crippen LogP contribution is 2.33. The normalized spacial score (nSPS) is 14.3. The second kappa shape index (κ2) is 6.91. The summed E-state index contributed by atoms with van der Waals surface area (Å²) >= 11 is 0. The van der Waals surface area contributed by atoms with E-state index in [-0.39, 0.29) is 0 Å². The molecule has 0 N–H and O–H groups in total. The molecule has 0 saturated carbocycles. The third-order valence-corrected chi connectivity index (χ3v) is 4.60. The number of aryl methyl sites for hydroxylation is 1. The number of hydrogen-bond acceptors (Lipinski definition) is 2. The maximum absolute atomic E-state index is 5.51. The third-order valence-electron chi connectivity index (χ3n) is 4.60. The zero-order valence-electron chi connectivity index (χ0n) is 14.2. The van der Waals surface area contributed by atoms with E-state index in [1.165, 1.54) is 47.1 Å². The second-order valence-corrected chi connectivity index (χ2v) is 6.12. The van der Waals surface area contributed by atoms with Gasteiger partial charge in [0.15, 0.2) is 0 Å². The smallest absolute Gasteiger partial charge is 0.119 e. The maximum Gasteiger partial charge on any atom is 0.119 e. The highest BCUT2D eigenvalue weighted by molar-refractivity contribution is 5.82. The summed E-state index contributed by atoms with van der Waals surface area (Å²) in [5.74, 6) is 1.85. The van der Waals surface area contributed by atoms with E-state index in [2.05, 4.69) is 37.3 Å². The molecule has 2 aromatic rings. The van der Waals surface area contributed by atoms with Gasteiger partial charge in [-0.05, 0) is 84.7 Å². The Kier molecular flexibility index (Phi) is 4.71. The fourth-order valence-electron chi connectivity index (χ4n) is 3.34. The molecule has 0 spiro atoms. The van der Waals surface area contributed by atoms with Crippen LogP contribution in [0, 0.1) is 0 Å². The van der Waals surface area contributed by atoms with E-state index in [9.17, 15) is 0 Å². The summed E-state index contributed by atoms with van der Waals surface area (Å²) < 4.78 is 10.7. The van der Waals surface area contributed by atoms with Crippen LogP contribution in [-0.2, 0) is 12.8 Å². The number of rotatable bonds is 4. The van der Waals surface area contributed by atoms with Crippen molar-refractivity contribution < 1.29 is 9.47 Å². The first kappa shape index (κ1) is 15.7. The largest absolute Gasteiger partial charge is 0.497 e. The molecule has 0 aliphatic heterocycles. The van der Waals surface area contributed by atoms with Crippen molar-refractivity contribution in [1.29, 1.82) is 0 Å². The fourth-order valence-corrected chi connectivity index (χ4v) is 3.34. The molecule has 0 aromatic heterocycles. The van der Waals surface area contributed by atoms with Crippen LogP contribution < -0.4 is 9.47 Å². The van der Waals surface area contributed by atoms with Crippen LogP contribution in [0.1, 0.15) is 42.0 Å². The first-order valence-electron chi connectivity index (χ1n) is 8.24. The predicted molar refractivity (Wildman–Crippen MR) is 96.2 cm³/mol. The minimum atomic E-state index is 0.888. The zero-order chi connectivity index (χ0) is 16.2. The zero-order valence-corrected chi connectivity index (χ0v) is 14.2. The molecule has 0 fully saturated rings. The van der Waals surface area contributed by atoms with Gasteiger partial charge in [0.1, 0.15) is 11.5 Å². The standard InChI is InChI=1S/C21H24O2/c1-15(12-16-8-10-18(22-2)11-9-16)21-14-19(23-3)13-17-6-4-5-7-20(17)21/h8-14H,4-7H2,1-3H3. The van der Waals surface area contributed by atoms with Crippen molar-refractivity contribution in [2.75, 3.05) is 14.2 Å². The Morgan fingerprint density at radius 2 is 1.61 bits per heavy atom. The van der Waals surface area contributed by atoms with E-state index in [0.29, 0.717) is 0 Å². The maximum atomic E-state index is 5.51. The summed E-state index contributed by atoms with van der Waals surface area (Å²) in [4.78, 5) is 0. The van der Waals surface area contributed by atoms with Crippen LogP contribution >= 0.6 is 0 Å². The highest BCUT2D eigenvalue weighted by Gasteiger charge is 2.16. The lowest BCUT2D eigenvalue weighted by atomic mass is 9.85. The van der Waals surface area contributed by atoms with Crippen LogP contribution in [0.25, 0.3) is 11.6 Å². The average Bonchev–Trinajstić information content (AvgIpc) is 2.61. The Morgan fingerprint density at radius 1 is 0.913 bits per heavy atom. The SMILES string of the molecule is COc1ccc(C=C(C)c2cc(OC)cc3c2CCCC3)cc1. The Hall–Kier alpha value is -2.22. The number of methoxy groups -OCH3 is 2. The van der Waals surface area contributed by atoms with Gasteiger partial charge in [-0.3, -0.25) is 0 Å². The molecule has 0 unspecified atom stereocenters. The molecule has 1 aliphatic rings. The molecule has 0 bridgehead atoms. The van der Waals surface area contributed by atoms with Crippen LogP contribution in [-0.4, -0.2) is 14.2 Å². The molecule has 2 heteroatoms. The topological polar surface area (TPSA) is 18.5 Å². The number of benzene rings is 2. The summed E-state index contributed by atoms with van der Waals surface area (Å²) in [6, 6.07) is 12.6. The van der Waals surface area contributed by atoms with Gasteiger partial charge in [-0.2, -0.15) is 0 Å². The van der Waals surface area contributed by atoms with E-state index in [1.54, 1.807) is 14.2 Å². The van der Waals surface area contributed by atoms with E-state index >= 15 is 0 Å². The van der Waals surface area contributed by atoms with E-state index in [0.717, 1.165) is 17.9 Å². The molecule has 23 heavy (non-hydrogen) atoms. The Labute approximate surface area is 138 Å². The molecule has 1 aliphatic carbocycles. The minimum absolute atomic E-state index is 0.888. The van der Waals surface area contributed by atoms with Gasteiger partial charge in [0.2, 0.25) is 0 Å². The molecule has 0 saturated heterocycles. The Balaban J connectivity index is 2.00. The van der Waals surface area contributed by atoms with Gasteiger partial charge in [-0.15, -0.1) is 0 Å². The van der Waals surface area contributed by atoms with Crippen molar-refractivity contribution >= 4 is 11.6 Å². The van der Waals surface area contributed by atoms with E-state index < -0.39 is 0 Å². The van der Waals surface area contributed by atoms with Gasteiger partial charge in [0.25, 0.3) is 0 Å². The highest BCUT2D eigenvalue weighted by atomic mass is 16.5. The average molecular weight is 308 g/mol. The molecule has 120 valence electrons. The molecular formula is C21H24O2. The van der Waals surface area contributed by atoms with Gasteiger partial charge in [-0.25, -0.2) is 0 Å². The van der Waals surface area contributed by atoms with Crippen LogP contribution in [0.15, 0.2) is 36.4 Å². The Morgan fingerprint density at radius 3 is 2.30 bits per heavy atom. The van der Waals surface area contributed by atoms with Gasteiger partial charge in [0.05, 0.1) is 14.2 Å². The van der Waals surface area contributed by atoms with E-state index in [4.69, 9.17) is 9.47 Å². The second-order valence-electron chi connectivity index (χ2n) is 6.12. The number of fused-ring (bicyclic) bond motifs is 1. The third kappa shape index (κ3) is 3.42. The summed E-state index contributed by atoms with van der Waals surface area (Å²) in [6.45, 7) is 2.19. The minimum Gasteiger partial charge on any atom is -0.497 e. The summed E-state index contributed by atoms with van der Waals surface area (Å²) in [7, 11) is 3.44. The van der Waals surface area contributed by atoms with Gasteiger partial charge < -0.3 is 9.47 Å². The van der Waals surface area contributed by atoms with Crippen LogP contribution in [0.3, 0.4) is 0 Å². The lowest BCUT2D eigenvalue weighted by Gasteiger charge is -2.21. The summed E-state index contributed by atoms with van der Waals surface area (Å²) in [6.07, 6.45) is 7.13. The molecule has 0 atom stereocenters. The molecular weight excluding hydrogens is 284 g/mol. The van der Waals surface area contributed by atoms with Crippen molar-refractivity contribution in [2.24, 2.45) is 0 Å². The van der Waals surface area contributed by atoms with Crippen molar-refractivity contribution in [1.82, 2.24) is 0 Å². The molecule has 0 radical (unpaired) electrons. The van der Waals surface area contributed by atoms with Crippen LogP contribution in [0.5, 0.6) is 11.5 Å². The van der Waals surface area contributed by atoms with Crippen LogP contribution in [0.2, 0.25) is 0 Å². The Bertz CT molecular complexity index is 711. The molecule has 2 aromatic carbocycles. The lowest BCUT2D eigenvalue weighted by Crippen LogP contribution is -2.06. The number of hydrogen-bond donors (Lipinski definition) is 0. The quantitative estimate of drug-likeness (QED) is 0.728. The van der Waals surface area contributed by atoms with Crippen molar-refractivity contribution in [2.45, 2.75) is 32.6 Å². The van der Waals surface area contributed by atoms with Gasteiger partial charge >= 0.3 is 0 Å². The van der Waals surface area contributed by atoms with Crippen LogP contribution in [0.4, 0.5) is 0 Å². The first-order chi connectivity index (χ1) is 11.2. The van der Waals surface area contributed by atoms with Crippen molar-refractivity contribution in [3.05, 3.63) is 58.7 Å². The summed E-state index contributed by atoms with van der Waals surface area (Å²) in [5.41, 5.74) is 6.75. The monoisotopic (exact) mass is 308 g/mol. The lowest BCUT2D eigenvalue weighted by molar-refractivity contribution is 0.413. The number of allylic oxidation sites excluding steroid dienone is 1. The fraction of sp³-hybridized carbons (Fsp3) is 0.333. The molecule has 3 rings (SSSR count).